The van der Waals surface area contributed by atoms with E-state index in [1.165, 1.54) is 6.07 Å². The fourth-order valence-electron chi connectivity index (χ4n) is 3.80. The van der Waals surface area contributed by atoms with Crippen LogP contribution in [0.1, 0.15) is 52.9 Å². The number of aromatic nitrogens is 4. The summed E-state index contributed by atoms with van der Waals surface area (Å²) >= 11 is 0. The zero-order chi connectivity index (χ0) is 23.1. The molecule has 9 heteroatoms. The van der Waals surface area contributed by atoms with E-state index < -0.39 is 11.6 Å². The number of pyridine rings is 1. The lowest BCUT2D eigenvalue weighted by Crippen LogP contribution is -2.32. The summed E-state index contributed by atoms with van der Waals surface area (Å²) in [6.07, 6.45) is 7.74. The van der Waals surface area contributed by atoms with Gasteiger partial charge in [0.25, 0.3) is 0 Å². The molecule has 0 saturated carbocycles. The SMILES string of the molecule is CCC[C@@H](CCCN(CC)C(=O)CC)Nc1nc(-c2c[nH]c3ncc(F)cc23)ncc1F. The fourth-order valence-corrected chi connectivity index (χ4v) is 3.80. The molecule has 3 aromatic heterocycles. The third-order valence-corrected chi connectivity index (χ3v) is 5.48. The van der Waals surface area contributed by atoms with Crippen LogP contribution in [0.15, 0.2) is 24.7 Å². The van der Waals surface area contributed by atoms with E-state index in [0.29, 0.717) is 36.1 Å². The quantitative estimate of drug-likeness (QED) is 0.438. The predicted octanol–water partition coefficient (Wildman–Crippen LogP) is 4.92. The summed E-state index contributed by atoms with van der Waals surface area (Å²) in [6.45, 7) is 7.27. The molecule has 1 amide bonds. The molecular weight excluding hydrogens is 414 g/mol. The molecule has 0 aromatic carbocycles. The summed E-state index contributed by atoms with van der Waals surface area (Å²) in [6, 6.07) is 1.36. The molecule has 32 heavy (non-hydrogen) atoms. The summed E-state index contributed by atoms with van der Waals surface area (Å²) in [7, 11) is 0. The third kappa shape index (κ3) is 5.57. The van der Waals surface area contributed by atoms with Gasteiger partial charge in [-0.2, -0.15) is 0 Å². The van der Waals surface area contributed by atoms with E-state index in [2.05, 4.69) is 32.2 Å². The standard InChI is InChI=1S/C23H30F2N6O/c1-4-8-16(9-7-10-31(6-3)20(32)5-2)29-23-19(25)14-28-22(30-23)18-13-27-21-17(18)11-15(24)12-26-21/h11-14,16H,4-10H2,1-3H3,(H,26,27)(H,28,29,30)/t16-/m0/s1. The number of nitrogens with zero attached hydrogens (tertiary/aromatic N) is 4. The van der Waals surface area contributed by atoms with Crippen molar-refractivity contribution < 1.29 is 13.6 Å². The van der Waals surface area contributed by atoms with Crippen LogP contribution in [0.4, 0.5) is 14.6 Å². The number of amides is 1. The van der Waals surface area contributed by atoms with Gasteiger partial charge in [0.1, 0.15) is 11.5 Å². The van der Waals surface area contributed by atoms with Crippen molar-refractivity contribution in [3.63, 3.8) is 0 Å². The molecule has 7 nitrogen and oxygen atoms in total. The Morgan fingerprint density at radius 1 is 1.19 bits per heavy atom. The molecule has 172 valence electrons. The van der Waals surface area contributed by atoms with Crippen molar-refractivity contribution in [2.45, 2.75) is 58.9 Å². The molecule has 0 unspecified atom stereocenters. The Morgan fingerprint density at radius 2 is 2.00 bits per heavy atom. The average Bonchev–Trinajstić information content (AvgIpc) is 3.20. The van der Waals surface area contributed by atoms with E-state index in [-0.39, 0.29) is 23.6 Å². The van der Waals surface area contributed by atoms with Gasteiger partial charge in [-0.1, -0.05) is 20.3 Å². The zero-order valence-corrected chi connectivity index (χ0v) is 18.8. The Hall–Kier alpha value is -3.10. The number of rotatable bonds is 11. The number of anilines is 1. The minimum Gasteiger partial charge on any atom is -0.365 e. The number of aromatic amines is 1. The van der Waals surface area contributed by atoms with E-state index in [1.807, 2.05) is 18.7 Å². The fraction of sp³-hybridized carbons (Fsp3) is 0.478. The first kappa shape index (κ1) is 23.6. The molecule has 3 rings (SSSR count). The first-order chi connectivity index (χ1) is 15.5. The molecule has 0 saturated heterocycles. The van der Waals surface area contributed by atoms with Crippen LogP contribution >= 0.6 is 0 Å². The lowest BCUT2D eigenvalue weighted by atomic mass is 10.1. The lowest BCUT2D eigenvalue weighted by molar-refractivity contribution is -0.130. The van der Waals surface area contributed by atoms with Crippen LogP contribution in [0, 0.1) is 11.6 Å². The van der Waals surface area contributed by atoms with E-state index in [0.717, 1.165) is 38.1 Å². The number of hydrogen-bond acceptors (Lipinski definition) is 5. The van der Waals surface area contributed by atoms with Crippen molar-refractivity contribution >= 4 is 22.8 Å². The molecule has 0 aliphatic rings. The topological polar surface area (TPSA) is 86.8 Å². The molecule has 0 fully saturated rings. The van der Waals surface area contributed by atoms with Gasteiger partial charge in [0, 0.05) is 42.7 Å². The summed E-state index contributed by atoms with van der Waals surface area (Å²) in [5.41, 5.74) is 1.06. The zero-order valence-electron chi connectivity index (χ0n) is 18.8. The molecule has 2 N–H and O–H groups in total. The average molecular weight is 445 g/mol. The largest absolute Gasteiger partial charge is 0.365 e. The Morgan fingerprint density at radius 3 is 2.72 bits per heavy atom. The summed E-state index contributed by atoms with van der Waals surface area (Å²) in [5.74, 6) is -0.471. The maximum absolute atomic E-state index is 14.5. The maximum atomic E-state index is 14.5. The lowest BCUT2D eigenvalue weighted by Gasteiger charge is -2.23. The highest BCUT2D eigenvalue weighted by molar-refractivity contribution is 5.91. The maximum Gasteiger partial charge on any atom is 0.222 e. The van der Waals surface area contributed by atoms with Gasteiger partial charge >= 0.3 is 0 Å². The van der Waals surface area contributed by atoms with Crippen LogP contribution in [0.3, 0.4) is 0 Å². The Labute approximate surface area is 186 Å². The Kier molecular flexibility index (Phi) is 8.08. The van der Waals surface area contributed by atoms with E-state index in [4.69, 9.17) is 0 Å². The van der Waals surface area contributed by atoms with Crippen molar-refractivity contribution in [2.75, 3.05) is 18.4 Å². The van der Waals surface area contributed by atoms with Crippen LogP contribution in [-0.4, -0.2) is 49.9 Å². The van der Waals surface area contributed by atoms with Crippen molar-refractivity contribution in [1.82, 2.24) is 24.8 Å². The van der Waals surface area contributed by atoms with Crippen molar-refractivity contribution in [2.24, 2.45) is 0 Å². The van der Waals surface area contributed by atoms with Crippen molar-refractivity contribution in [1.29, 1.82) is 0 Å². The number of H-pyrrole nitrogens is 1. The third-order valence-electron chi connectivity index (χ3n) is 5.48. The summed E-state index contributed by atoms with van der Waals surface area (Å²) in [4.78, 5) is 29.3. The molecule has 3 heterocycles. The van der Waals surface area contributed by atoms with Gasteiger partial charge in [0.05, 0.1) is 12.4 Å². The van der Waals surface area contributed by atoms with Gasteiger partial charge in [0.2, 0.25) is 5.91 Å². The van der Waals surface area contributed by atoms with Crippen LogP contribution in [0.2, 0.25) is 0 Å². The van der Waals surface area contributed by atoms with Crippen LogP contribution < -0.4 is 5.32 Å². The normalized spacial score (nSPS) is 12.2. The van der Waals surface area contributed by atoms with Gasteiger partial charge in [-0.05, 0) is 32.3 Å². The van der Waals surface area contributed by atoms with Crippen LogP contribution in [-0.2, 0) is 4.79 Å². The molecular formula is C23H30F2N6O. The highest BCUT2D eigenvalue weighted by Crippen LogP contribution is 2.27. The van der Waals surface area contributed by atoms with Crippen LogP contribution in [0.5, 0.6) is 0 Å². The number of halogens is 2. The van der Waals surface area contributed by atoms with Gasteiger partial charge in [0.15, 0.2) is 17.5 Å². The Balaban J connectivity index is 1.75. The Bertz CT molecular complexity index is 1050. The first-order valence-electron chi connectivity index (χ1n) is 11.2. The second-order valence-corrected chi connectivity index (χ2v) is 7.74. The summed E-state index contributed by atoms with van der Waals surface area (Å²) in [5, 5.41) is 3.75. The molecule has 1 atom stereocenters. The first-order valence-corrected chi connectivity index (χ1v) is 11.2. The monoisotopic (exact) mass is 444 g/mol. The molecule has 0 spiro atoms. The highest BCUT2D eigenvalue weighted by Gasteiger charge is 2.17. The van der Waals surface area contributed by atoms with E-state index >= 15 is 0 Å². The second-order valence-electron chi connectivity index (χ2n) is 7.74. The van der Waals surface area contributed by atoms with Gasteiger partial charge < -0.3 is 15.2 Å². The molecule has 0 bridgehead atoms. The van der Waals surface area contributed by atoms with E-state index in [1.54, 1.807) is 6.20 Å². The smallest absolute Gasteiger partial charge is 0.222 e. The summed E-state index contributed by atoms with van der Waals surface area (Å²) < 4.78 is 28.2. The minimum atomic E-state index is -0.546. The number of carbonyl (C=O) groups is 1. The number of hydrogen-bond donors (Lipinski definition) is 2. The van der Waals surface area contributed by atoms with Gasteiger partial charge in [-0.25, -0.2) is 23.7 Å². The minimum absolute atomic E-state index is 0.00904. The van der Waals surface area contributed by atoms with E-state index in [9.17, 15) is 13.6 Å². The van der Waals surface area contributed by atoms with Gasteiger partial charge in [-0.3, -0.25) is 4.79 Å². The predicted molar refractivity (Wildman–Crippen MR) is 121 cm³/mol. The molecule has 0 aliphatic heterocycles. The highest BCUT2D eigenvalue weighted by atomic mass is 19.1. The molecule has 0 radical (unpaired) electrons. The second kappa shape index (κ2) is 11.0. The van der Waals surface area contributed by atoms with Crippen molar-refractivity contribution in [3.8, 4) is 11.4 Å². The number of nitrogens with one attached hydrogen (secondary N) is 2. The van der Waals surface area contributed by atoms with Gasteiger partial charge in [-0.15, -0.1) is 0 Å². The van der Waals surface area contributed by atoms with Crippen LogP contribution in [0.25, 0.3) is 22.4 Å². The number of carbonyl (C=O) groups excluding carboxylic acids is 1. The number of fused-ring (bicyclic) bond motifs is 1. The van der Waals surface area contributed by atoms with Crippen molar-refractivity contribution in [3.05, 3.63) is 36.3 Å². The molecule has 0 aliphatic carbocycles. The molecule has 3 aromatic rings.